The van der Waals surface area contributed by atoms with Crippen LogP contribution in [0.2, 0.25) is 0 Å². The van der Waals surface area contributed by atoms with Crippen LogP contribution in [0, 0.1) is 0 Å². The third kappa shape index (κ3) is 1.80. The molecule has 0 saturated carbocycles. The van der Waals surface area contributed by atoms with Crippen LogP contribution in [0.4, 0.5) is 0 Å². The minimum absolute atomic E-state index is 0.196. The van der Waals surface area contributed by atoms with Gasteiger partial charge in [0.25, 0.3) is 0 Å². The maximum absolute atomic E-state index is 5.68. The lowest BCUT2D eigenvalue weighted by Crippen LogP contribution is -2.25. The summed E-state index contributed by atoms with van der Waals surface area (Å²) >= 11 is 0. The zero-order chi connectivity index (χ0) is 7.40. The molecule has 0 radical (unpaired) electrons. The Labute approximate surface area is 60.0 Å². The fourth-order valence-corrected chi connectivity index (χ4v) is 0.699. The van der Waals surface area contributed by atoms with Gasteiger partial charge < -0.3 is 5.73 Å². The highest BCUT2D eigenvalue weighted by Crippen LogP contribution is 1.89. The van der Waals surface area contributed by atoms with Crippen LogP contribution in [-0.4, -0.2) is 21.0 Å². The molecule has 0 spiro atoms. The van der Waals surface area contributed by atoms with Gasteiger partial charge in [-0.3, -0.25) is 4.68 Å². The Balaban J connectivity index is 2.40. The van der Waals surface area contributed by atoms with Crippen LogP contribution in [0.3, 0.4) is 0 Å². The summed E-state index contributed by atoms with van der Waals surface area (Å²) in [7, 11) is 0. The van der Waals surface area contributed by atoms with Crippen LogP contribution < -0.4 is 5.73 Å². The van der Waals surface area contributed by atoms with Crippen molar-refractivity contribution in [2.45, 2.75) is 25.9 Å². The number of nitrogens with two attached hydrogens (primary N) is 1. The molecule has 0 saturated heterocycles. The van der Waals surface area contributed by atoms with Crippen molar-refractivity contribution in [2.24, 2.45) is 5.73 Å². The molecule has 0 fully saturated rings. The van der Waals surface area contributed by atoms with Gasteiger partial charge in [-0.15, -0.1) is 5.10 Å². The van der Waals surface area contributed by atoms with Gasteiger partial charge in [-0.1, -0.05) is 12.1 Å². The quantitative estimate of drug-likeness (QED) is 0.643. The average Bonchev–Trinajstić information content (AvgIpc) is 2.40. The molecule has 0 aliphatic carbocycles. The van der Waals surface area contributed by atoms with E-state index in [1.165, 1.54) is 0 Å². The molecule has 1 unspecified atom stereocenters. The number of nitrogens with zero attached hydrogens (tertiary/aromatic N) is 3. The lowest BCUT2D eigenvalue weighted by Gasteiger charge is -2.06. The Kier molecular flexibility index (Phi) is 2.39. The molecule has 0 aromatic carbocycles. The molecule has 0 aliphatic heterocycles. The highest BCUT2D eigenvalue weighted by Gasteiger charge is 1.98. The Morgan fingerprint density at radius 2 is 2.50 bits per heavy atom. The Morgan fingerprint density at radius 3 is 3.00 bits per heavy atom. The first kappa shape index (κ1) is 7.21. The molecule has 4 nitrogen and oxygen atoms in total. The van der Waals surface area contributed by atoms with Gasteiger partial charge in [-0.05, 0) is 6.42 Å². The lowest BCUT2D eigenvalue weighted by molar-refractivity contribution is 0.489. The van der Waals surface area contributed by atoms with E-state index in [4.69, 9.17) is 5.73 Å². The number of hydrogen-bond acceptors (Lipinski definition) is 3. The highest BCUT2D eigenvalue weighted by molar-refractivity contribution is 4.67. The van der Waals surface area contributed by atoms with Crippen molar-refractivity contribution in [1.29, 1.82) is 0 Å². The fraction of sp³-hybridized carbons (Fsp3) is 0.667. The molecule has 1 rings (SSSR count). The van der Waals surface area contributed by atoms with Crippen LogP contribution in [0.25, 0.3) is 0 Å². The monoisotopic (exact) mass is 140 g/mol. The van der Waals surface area contributed by atoms with E-state index in [1.807, 2.05) is 6.20 Å². The van der Waals surface area contributed by atoms with Crippen LogP contribution in [0.5, 0.6) is 0 Å². The predicted molar refractivity (Wildman–Crippen MR) is 38.3 cm³/mol. The second-order valence-electron chi connectivity index (χ2n) is 2.29. The molecule has 1 aromatic heterocycles. The van der Waals surface area contributed by atoms with Crippen LogP contribution in [0.15, 0.2) is 12.4 Å². The van der Waals surface area contributed by atoms with E-state index in [-0.39, 0.29) is 6.04 Å². The third-order valence-electron chi connectivity index (χ3n) is 1.42. The minimum Gasteiger partial charge on any atom is -0.326 e. The van der Waals surface area contributed by atoms with Gasteiger partial charge >= 0.3 is 0 Å². The first-order valence-corrected chi connectivity index (χ1v) is 3.42. The van der Waals surface area contributed by atoms with Gasteiger partial charge in [0.05, 0.1) is 12.7 Å². The maximum atomic E-state index is 5.68. The molecule has 1 atom stereocenters. The third-order valence-corrected chi connectivity index (χ3v) is 1.42. The van der Waals surface area contributed by atoms with Crippen molar-refractivity contribution < 1.29 is 0 Å². The first-order valence-electron chi connectivity index (χ1n) is 3.42. The van der Waals surface area contributed by atoms with Crippen molar-refractivity contribution in [3.8, 4) is 0 Å². The fourth-order valence-electron chi connectivity index (χ4n) is 0.699. The van der Waals surface area contributed by atoms with Gasteiger partial charge in [0.1, 0.15) is 0 Å². The molecular weight excluding hydrogens is 128 g/mol. The van der Waals surface area contributed by atoms with Crippen LogP contribution in [-0.2, 0) is 6.54 Å². The lowest BCUT2D eigenvalue weighted by atomic mass is 10.2. The van der Waals surface area contributed by atoms with Gasteiger partial charge in [0.15, 0.2) is 0 Å². The second-order valence-corrected chi connectivity index (χ2v) is 2.29. The van der Waals surface area contributed by atoms with Crippen molar-refractivity contribution in [3.63, 3.8) is 0 Å². The Bertz CT molecular complexity index is 170. The van der Waals surface area contributed by atoms with Crippen molar-refractivity contribution in [3.05, 3.63) is 12.4 Å². The van der Waals surface area contributed by atoms with Crippen LogP contribution >= 0.6 is 0 Å². The summed E-state index contributed by atoms with van der Waals surface area (Å²) in [6.45, 7) is 2.82. The molecule has 1 heterocycles. The zero-order valence-corrected chi connectivity index (χ0v) is 6.07. The molecule has 4 heteroatoms. The van der Waals surface area contributed by atoms with Gasteiger partial charge in [-0.2, -0.15) is 0 Å². The van der Waals surface area contributed by atoms with E-state index in [9.17, 15) is 0 Å². The standard InChI is InChI=1S/C6H12N4/c1-2-6(7)5-10-4-3-8-9-10/h3-4,6H,2,5,7H2,1H3. The van der Waals surface area contributed by atoms with E-state index in [0.29, 0.717) is 0 Å². The first-order chi connectivity index (χ1) is 4.83. The summed E-state index contributed by atoms with van der Waals surface area (Å²) in [6.07, 6.45) is 4.44. The maximum Gasteiger partial charge on any atom is 0.0692 e. The molecule has 0 bridgehead atoms. The predicted octanol–water partition coefficient (Wildman–Crippen LogP) is 0.0154. The minimum atomic E-state index is 0.196. The molecule has 1 aromatic rings. The summed E-state index contributed by atoms with van der Waals surface area (Å²) < 4.78 is 1.74. The number of aromatic nitrogens is 3. The largest absolute Gasteiger partial charge is 0.326 e. The number of hydrogen-bond donors (Lipinski definition) is 1. The van der Waals surface area contributed by atoms with Crippen molar-refractivity contribution >= 4 is 0 Å². The number of rotatable bonds is 3. The van der Waals surface area contributed by atoms with E-state index >= 15 is 0 Å². The van der Waals surface area contributed by atoms with Gasteiger partial charge in [0, 0.05) is 12.2 Å². The Hall–Kier alpha value is -0.900. The molecule has 0 aliphatic rings. The smallest absolute Gasteiger partial charge is 0.0692 e. The SMILES string of the molecule is CCC(N)Cn1ccnn1. The summed E-state index contributed by atoms with van der Waals surface area (Å²) in [5, 5.41) is 7.46. The average molecular weight is 140 g/mol. The normalized spacial score (nSPS) is 13.4. The molecule has 56 valence electrons. The van der Waals surface area contributed by atoms with Crippen LogP contribution in [0.1, 0.15) is 13.3 Å². The zero-order valence-electron chi connectivity index (χ0n) is 6.07. The molecule has 2 N–H and O–H groups in total. The van der Waals surface area contributed by atoms with Gasteiger partial charge in [0.2, 0.25) is 0 Å². The van der Waals surface area contributed by atoms with Gasteiger partial charge in [-0.25, -0.2) is 0 Å². The Morgan fingerprint density at radius 1 is 1.70 bits per heavy atom. The van der Waals surface area contributed by atoms with Crippen molar-refractivity contribution in [1.82, 2.24) is 15.0 Å². The van der Waals surface area contributed by atoms with E-state index in [0.717, 1.165) is 13.0 Å². The summed E-state index contributed by atoms with van der Waals surface area (Å²) in [5.74, 6) is 0. The second kappa shape index (κ2) is 3.31. The summed E-state index contributed by atoms with van der Waals surface area (Å²) in [5.41, 5.74) is 5.68. The molecule has 10 heavy (non-hydrogen) atoms. The highest BCUT2D eigenvalue weighted by atomic mass is 15.4. The topological polar surface area (TPSA) is 56.7 Å². The van der Waals surface area contributed by atoms with E-state index in [2.05, 4.69) is 17.2 Å². The van der Waals surface area contributed by atoms with Crippen molar-refractivity contribution in [2.75, 3.05) is 0 Å². The van der Waals surface area contributed by atoms with E-state index in [1.54, 1.807) is 10.9 Å². The molecular formula is C6H12N4. The van der Waals surface area contributed by atoms with E-state index < -0.39 is 0 Å². The summed E-state index contributed by atoms with van der Waals surface area (Å²) in [6, 6.07) is 0.196. The molecule has 0 amide bonds. The summed E-state index contributed by atoms with van der Waals surface area (Å²) in [4.78, 5) is 0.